The van der Waals surface area contributed by atoms with Crippen molar-refractivity contribution in [1.82, 2.24) is 9.91 Å². The number of fused-ring (bicyclic) bond motifs is 4. The fourth-order valence-corrected chi connectivity index (χ4v) is 8.29. The zero-order chi connectivity index (χ0) is 31.6. The maximum absolute atomic E-state index is 15.1. The number of phenols is 1. The van der Waals surface area contributed by atoms with Crippen molar-refractivity contribution in [1.29, 1.82) is 0 Å². The maximum atomic E-state index is 15.1. The molecule has 9 heteroatoms. The van der Waals surface area contributed by atoms with E-state index in [9.17, 15) is 19.5 Å². The number of phenolic OH excluding ortho intramolecular Hbond substituents is 1. The Morgan fingerprint density at radius 1 is 0.911 bits per heavy atom. The van der Waals surface area contributed by atoms with Gasteiger partial charge in [0, 0.05) is 18.5 Å². The van der Waals surface area contributed by atoms with E-state index in [1.807, 2.05) is 74.5 Å². The van der Waals surface area contributed by atoms with Crippen molar-refractivity contribution in [3.8, 4) is 11.5 Å². The lowest BCUT2D eigenvalue weighted by molar-refractivity contribution is -0.140. The number of hydrogen-bond acceptors (Lipinski definition) is 7. The summed E-state index contributed by atoms with van der Waals surface area (Å²) in [5, 5.41) is 12.9. The molecule has 1 saturated carbocycles. The number of rotatable bonds is 6. The van der Waals surface area contributed by atoms with E-state index in [4.69, 9.17) is 4.74 Å². The average Bonchev–Trinajstić information content (AvgIpc) is 3.40. The summed E-state index contributed by atoms with van der Waals surface area (Å²) in [5.41, 5.74) is 5.11. The number of ether oxygens (including phenoxy) is 1. The molecule has 7 rings (SSSR count). The molecule has 9 nitrogen and oxygen atoms in total. The van der Waals surface area contributed by atoms with E-state index in [0.29, 0.717) is 29.8 Å². The molecule has 2 aliphatic carbocycles. The minimum atomic E-state index is -1.45. The fraction of sp³-hybridized carbons (Fsp3) is 0.333. The molecule has 4 amide bonds. The maximum Gasteiger partial charge on any atom is 0.260 e. The summed E-state index contributed by atoms with van der Waals surface area (Å²) >= 11 is 0. The number of aromatic hydroxyl groups is 1. The van der Waals surface area contributed by atoms with Gasteiger partial charge in [-0.15, -0.1) is 0 Å². The van der Waals surface area contributed by atoms with Crippen LogP contribution in [-0.4, -0.2) is 52.3 Å². The van der Waals surface area contributed by atoms with Gasteiger partial charge in [0.2, 0.25) is 11.8 Å². The number of likely N-dealkylation sites (tertiary alicyclic amines) is 1. The lowest BCUT2D eigenvalue weighted by Crippen LogP contribution is -2.53. The van der Waals surface area contributed by atoms with E-state index in [1.165, 1.54) is 11.9 Å². The third-order valence-electron chi connectivity index (χ3n) is 10.3. The Kier molecular flexibility index (Phi) is 6.80. The topological polar surface area (TPSA) is 116 Å². The molecule has 0 unspecified atom stereocenters. The van der Waals surface area contributed by atoms with Crippen LogP contribution in [0.3, 0.4) is 0 Å². The second kappa shape index (κ2) is 10.6. The van der Waals surface area contributed by atoms with Gasteiger partial charge in [-0.25, -0.2) is 0 Å². The second-order valence-corrected chi connectivity index (χ2v) is 12.5. The summed E-state index contributed by atoms with van der Waals surface area (Å²) < 4.78 is 5.78. The Balaban J connectivity index is 1.48. The van der Waals surface area contributed by atoms with E-state index in [-0.39, 0.29) is 29.7 Å². The number of nitrogens with one attached hydrogen (secondary N) is 1. The third-order valence-corrected chi connectivity index (χ3v) is 10.3. The first-order valence-electron chi connectivity index (χ1n) is 15.4. The molecule has 3 aromatic rings. The van der Waals surface area contributed by atoms with Crippen LogP contribution in [0.15, 0.2) is 84.4 Å². The number of benzene rings is 3. The van der Waals surface area contributed by atoms with E-state index in [1.54, 1.807) is 18.2 Å². The normalized spacial score (nSPS) is 28.9. The van der Waals surface area contributed by atoms with Crippen molar-refractivity contribution in [3.05, 3.63) is 101 Å². The van der Waals surface area contributed by atoms with Crippen LogP contribution in [0.1, 0.15) is 42.4 Å². The molecular formula is C36H35N3O6. The second-order valence-electron chi connectivity index (χ2n) is 12.5. The predicted octanol–water partition coefficient (Wildman–Crippen LogP) is 4.71. The molecule has 3 fully saturated rings. The van der Waals surface area contributed by atoms with Crippen LogP contribution < -0.4 is 10.2 Å². The number of nitrogens with zero attached hydrogens (tertiary/aromatic N) is 2. The number of anilines is 1. The van der Waals surface area contributed by atoms with Gasteiger partial charge in [0.15, 0.2) is 11.5 Å². The first-order chi connectivity index (χ1) is 21.7. The standard InChI is InChI=1S/C36H35N3O6/c1-4-45-28-12-8-11-25(31(28)40)30-23-17-18-24-29(34(43)38(3)32(24)41)26(23)19-27-33(42)39(37-22-15-13-20(2)14-16-22)35(44)36(27,30)21-9-6-5-7-10-21/h5-17,24,26-27,29-30,37,40H,4,18-19H2,1-3H3/t24-,26+,27-,29-,30+,36+/m0/s1. The minimum absolute atomic E-state index is 0.113. The van der Waals surface area contributed by atoms with Crippen molar-refractivity contribution >= 4 is 29.3 Å². The lowest BCUT2D eigenvalue weighted by Gasteiger charge is -2.50. The summed E-state index contributed by atoms with van der Waals surface area (Å²) in [5.74, 6) is -4.58. The van der Waals surface area contributed by atoms with Gasteiger partial charge in [-0.2, -0.15) is 5.01 Å². The van der Waals surface area contributed by atoms with Crippen molar-refractivity contribution in [2.75, 3.05) is 19.1 Å². The van der Waals surface area contributed by atoms with Crippen LogP contribution in [-0.2, 0) is 24.6 Å². The van der Waals surface area contributed by atoms with E-state index in [0.717, 1.165) is 16.1 Å². The van der Waals surface area contributed by atoms with Crippen LogP contribution in [0.4, 0.5) is 5.69 Å². The van der Waals surface area contributed by atoms with Crippen molar-refractivity contribution in [3.63, 3.8) is 0 Å². The first kappa shape index (κ1) is 28.8. The highest BCUT2D eigenvalue weighted by atomic mass is 16.5. The van der Waals surface area contributed by atoms with E-state index in [2.05, 4.69) is 5.43 Å². The third kappa shape index (κ3) is 4.06. The summed E-state index contributed by atoms with van der Waals surface area (Å²) in [7, 11) is 1.51. The number of imide groups is 2. The number of carbonyl (C=O) groups excluding carboxylic acids is 4. The molecule has 2 N–H and O–H groups in total. The Morgan fingerprint density at radius 3 is 2.36 bits per heavy atom. The van der Waals surface area contributed by atoms with Crippen LogP contribution in [0.5, 0.6) is 11.5 Å². The largest absolute Gasteiger partial charge is 0.504 e. The van der Waals surface area contributed by atoms with Gasteiger partial charge in [0.05, 0.1) is 35.5 Å². The van der Waals surface area contributed by atoms with Crippen molar-refractivity contribution in [2.24, 2.45) is 23.7 Å². The molecule has 6 atom stereocenters. The Morgan fingerprint density at radius 2 is 1.64 bits per heavy atom. The number of hydrazine groups is 1. The van der Waals surface area contributed by atoms with Crippen LogP contribution >= 0.6 is 0 Å². The van der Waals surface area contributed by atoms with Crippen molar-refractivity contribution in [2.45, 2.75) is 38.0 Å². The monoisotopic (exact) mass is 605 g/mol. The highest BCUT2D eigenvalue weighted by Gasteiger charge is 2.70. The summed E-state index contributed by atoms with van der Waals surface area (Å²) in [6, 6.07) is 21.9. The molecule has 0 spiro atoms. The Labute approximate surface area is 261 Å². The molecule has 2 heterocycles. The Hall–Kier alpha value is -4.92. The van der Waals surface area contributed by atoms with Crippen LogP contribution in [0.25, 0.3) is 0 Å². The number of hydrogen-bond donors (Lipinski definition) is 2. The summed E-state index contributed by atoms with van der Waals surface area (Å²) in [4.78, 5) is 57.6. The minimum Gasteiger partial charge on any atom is -0.504 e. The van der Waals surface area contributed by atoms with E-state index >= 15 is 4.79 Å². The van der Waals surface area contributed by atoms with Crippen molar-refractivity contribution < 1.29 is 29.0 Å². The quantitative estimate of drug-likeness (QED) is 0.309. The molecule has 4 aliphatic rings. The molecule has 0 radical (unpaired) electrons. The van der Waals surface area contributed by atoms with Crippen LogP contribution in [0, 0.1) is 30.6 Å². The molecule has 3 aromatic carbocycles. The van der Waals surface area contributed by atoms with Gasteiger partial charge in [-0.05, 0) is 56.4 Å². The highest BCUT2D eigenvalue weighted by Crippen LogP contribution is 2.65. The predicted molar refractivity (Wildman–Crippen MR) is 166 cm³/mol. The van der Waals surface area contributed by atoms with Gasteiger partial charge in [-0.1, -0.05) is 71.8 Å². The molecule has 2 saturated heterocycles. The molecule has 45 heavy (non-hydrogen) atoms. The summed E-state index contributed by atoms with van der Waals surface area (Å²) in [6.45, 7) is 4.09. The number of aryl methyl sites for hydroxylation is 1. The first-order valence-corrected chi connectivity index (χ1v) is 15.4. The average molecular weight is 606 g/mol. The van der Waals surface area contributed by atoms with Crippen LogP contribution in [0.2, 0.25) is 0 Å². The highest BCUT2D eigenvalue weighted by molar-refractivity contribution is 6.13. The Bertz CT molecular complexity index is 1750. The number of allylic oxidation sites excluding steroid dienone is 2. The molecule has 2 aliphatic heterocycles. The molecule has 0 bridgehead atoms. The number of para-hydroxylation sites is 1. The van der Waals surface area contributed by atoms with Gasteiger partial charge in [0.1, 0.15) is 0 Å². The lowest BCUT2D eigenvalue weighted by atomic mass is 9.49. The SMILES string of the molecule is CCOc1cccc([C@H]2C3=CC[C@@H]4C(=O)N(C)C(=O)[C@@H]4[C@@H]3C[C@H]3C(=O)N(Nc4ccc(C)cc4)C(=O)[C@@]23c2ccccc2)c1O. The number of carbonyl (C=O) groups is 4. The van der Waals surface area contributed by atoms with Gasteiger partial charge in [0.25, 0.3) is 11.8 Å². The molecular weight excluding hydrogens is 570 g/mol. The molecule has 230 valence electrons. The van der Waals surface area contributed by atoms with Gasteiger partial charge >= 0.3 is 0 Å². The van der Waals surface area contributed by atoms with Gasteiger partial charge in [-0.3, -0.25) is 29.5 Å². The zero-order valence-corrected chi connectivity index (χ0v) is 25.4. The number of amides is 4. The zero-order valence-electron chi connectivity index (χ0n) is 25.4. The smallest absolute Gasteiger partial charge is 0.260 e. The fourth-order valence-electron chi connectivity index (χ4n) is 8.29. The molecule has 0 aromatic heterocycles. The van der Waals surface area contributed by atoms with E-state index < -0.39 is 46.8 Å². The summed E-state index contributed by atoms with van der Waals surface area (Å²) in [6.07, 6.45) is 2.51. The van der Waals surface area contributed by atoms with Gasteiger partial charge < -0.3 is 9.84 Å².